The fourth-order valence-electron chi connectivity index (χ4n) is 1.63. The Balaban J connectivity index is 3.13. The summed E-state index contributed by atoms with van der Waals surface area (Å²) >= 11 is 0. The summed E-state index contributed by atoms with van der Waals surface area (Å²) in [6.45, 7) is 1.51. The molecule has 0 aliphatic carbocycles. The maximum absolute atomic E-state index is 12.1. The molecule has 1 aromatic carbocycles. The van der Waals surface area contributed by atoms with Crippen LogP contribution in [0, 0.1) is 0 Å². The van der Waals surface area contributed by atoms with Gasteiger partial charge in [0.1, 0.15) is 5.75 Å². The third kappa shape index (κ3) is 3.92. The zero-order chi connectivity index (χ0) is 15.3. The molecule has 0 saturated carbocycles. The second kappa shape index (κ2) is 6.69. The SMILES string of the molecule is COc1ccc(S(=O)(=O)NC(C)CCO)cc1C(N)=O. The Morgan fingerprint density at radius 1 is 1.50 bits per heavy atom. The number of aliphatic hydroxyl groups is 1. The lowest BCUT2D eigenvalue weighted by Crippen LogP contribution is -2.33. The Hall–Kier alpha value is -1.64. The van der Waals surface area contributed by atoms with Gasteiger partial charge in [-0.3, -0.25) is 4.79 Å². The number of rotatable bonds is 7. The molecule has 0 aromatic heterocycles. The molecule has 112 valence electrons. The van der Waals surface area contributed by atoms with Gasteiger partial charge >= 0.3 is 0 Å². The molecular weight excluding hydrogens is 284 g/mol. The van der Waals surface area contributed by atoms with E-state index in [0.717, 1.165) is 6.07 Å². The minimum Gasteiger partial charge on any atom is -0.496 e. The Kier molecular flexibility index (Phi) is 5.49. The fourth-order valence-corrected chi connectivity index (χ4v) is 2.94. The highest BCUT2D eigenvalue weighted by atomic mass is 32.2. The van der Waals surface area contributed by atoms with Gasteiger partial charge in [0.25, 0.3) is 5.91 Å². The van der Waals surface area contributed by atoms with E-state index >= 15 is 0 Å². The van der Waals surface area contributed by atoms with E-state index in [1.165, 1.54) is 19.2 Å². The molecule has 8 heteroatoms. The largest absolute Gasteiger partial charge is 0.496 e. The first-order chi connectivity index (χ1) is 9.31. The van der Waals surface area contributed by atoms with E-state index in [9.17, 15) is 13.2 Å². The van der Waals surface area contributed by atoms with Gasteiger partial charge in [-0.1, -0.05) is 0 Å². The normalized spacial score (nSPS) is 12.9. The minimum atomic E-state index is -3.79. The van der Waals surface area contributed by atoms with Gasteiger partial charge in [0.05, 0.1) is 17.6 Å². The first-order valence-electron chi connectivity index (χ1n) is 5.93. The molecular formula is C12H18N2O5S. The smallest absolute Gasteiger partial charge is 0.252 e. The number of methoxy groups -OCH3 is 1. The zero-order valence-electron chi connectivity index (χ0n) is 11.3. The predicted molar refractivity (Wildman–Crippen MR) is 73.0 cm³/mol. The molecule has 1 unspecified atom stereocenters. The summed E-state index contributed by atoms with van der Waals surface area (Å²) in [4.78, 5) is 11.2. The summed E-state index contributed by atoms with van der Waals surface area (Å²) in [7, 11) is -2.43. The van der Waals surface area contributed by atoms with Crippen molar-refractivity contribution in [2.75, 3.05) is 13.7 Å². The quantitative estimate of drug-likeness (QED) is 0.647. The van der Waals surface area contributed by atoms with Gasteiger partial charge in [0, 0.05) is 12.6 Å². The molecule has 1 atom stereocenters. The maximum atomic E-state index is 12.1. The molecule has 7 nitrogen and oxygen atoms in total. The highest BCUT2D eigenvalue weighted by molar-refractivity contribution is 7.89. The molecule has 0 spiro atoms. The van der Waals surface area contributed by atoms with E-state index in [1.54, 1.807) is 6.92 Å². The van der Waals surface area contributed by atoms with E-state index in [0.29, 0.717) is 0 Å². The number of aliphatic hydroxyl groups excluding tert-OH is 1. The second-order valence-corrected chi connectivity index (χ2v) is 5.97. The number of carbonyl (C=O) groups excluding carboxylic acids is 1. The van der Waals surface area contributed by atoms with Gasteiger partial charge in [-0.15, -0.1) is 0 Å². The number of sulfonamides is 1. The monoisotopic (exact) mass is 302 g/mol. The van der Waals surface area contributed by atoms with Gasteiger partial charge in [-0.2, -0.15) is 0 Å². The van der Waals surface area contributed by atoms with Crippen LogP contribution in [0.15, 0.2) is 23.1 Å². The summed E-state index contributed by atoms with van der Waals surface area (Å²) in [5.74, 6) is -0.567. The summed E-state index contributed by atoms with van der Waals surface area (Å²) in [5.41, 5.74) is 5.17. The topological polar surface area (TPSA) is 119 Å². The van der Waals surface area contributed by atoms with Crippen molar-refractivity contribution in [2.24, 2.45) is 5.73 Å². The molecule has 1 aromatic rings. The van der Waals surface area contributed by atoms with Gasteiger partial charge in [-0.05, 0) is 31.5 Å². The molecule has 0 heterocycles. The Labute approximate surface area is 117 Å². The fraction of sp³-hybridized carbons (Fsp3) is 0.417. The number of nitrogens with one attached hydrogen (secondary N) is 1. The van der Waals surface area contributed by atoms with Gasteiger partial charge in [-0.25, -0.2) is 13.1 Å². The van der Waals surface area contributed by atoms with Gasteiger partial charge in [0.2, 0.25) is 10.0 Å². The predicted octanol–water partition coefficient (Wildman–Crippen LogP) is -0.157. The van der Waals surface area contributed by atoms with Crippen molar-refractivity contribution < 1.29 is 23.1 Å². The lowest BCUT2D eigenvalue weighted by molar-refractivity contribution is 0.0997. The van der Waals surface area contributed by atoms with Crippen LogP contribution < -0.4 is 15.2 Å². The van der Waals surface area contributed by atoms with E-state index in [4.69, 9.17) is 15.6 Å². The van der Waals surface area contributed by atoms with Crippen molar-refractivity contribution in [2.45, 2.75) is 24.3 Å². The Morgan fingerprint density at radius 2 is 2.15 bits per heavy atom. The van der Waals surface area contributed by atoms with E-state index < -0.39 is 22.0 Å². The third-order valence-corrected chi connectivity index (χ3v) is 4.25. The third-order valence-electron chi connectivity index (χ3n) is 2.67. The molecule has 0 aliphatic rings. The molecule has 0 fully saturated rings. The summed E-state index contributed by atoms with van der Waals surface area (Å²) in [5, 5.41) is 8.78. The summed E-state index contributed by atoms with van der Waals surface area (Å²) < 4.78 is 31.6. The zero-order valence-corrected chi connectivity index (χ0v) is 12.1. The van der Waals surface area contributed by atoms with Gasteiger partial charge < -0.3 is 15.6 Å². The highest BCUT2D eigenvalue weighted by Crippen LogP contribution is 2.22. The van der Waals surface area contributed by atoms with Crippen molar-refractivity contribution >= 4 is 15.9 Å². The summed E-state index contributed by atoms with van der Waals surface area (Å²) in [6, 6.07) is 3.42. The number of amides is 1. The number of carbonyl (C=O) groups is 1. The van der Waals surface area contributed by atoms with Crippen LogP contribution in [-0.4, -0.2) is 39.2 Å². The summed E-state index contributed by atoms with van der Waals surface area (Å²) in [6.07, 6.45) is 0.290. The number of hydrogen-bond donors (Lipinski definition) is 3. The van der Waals surface area contributed by atoms with Crippen molar-refractivity contribution in [3.05, 3.63) is 23.8 Å². The highest BCUT2D eigenvalue weighted by Gasteiger charge is 2.20. The second-order valence-electron chi connectivity index (χ2n) is 4.26. The van der Waals surface area contributed by atoms with Crippen molar-refractivity contribution in [1.82, 2.24) is 4.72 Å². The van der Waals surface area contributed by atoms with Crippen LogP contribution in [-0.2, 0) is 10.0 Å². The number of benzene rings is 1. The maximum Gasteiger partial charge on any atom is 0.252 e. The van der Waals surface area contributed by atoms with Crippen molar-refractivity contribution in [3.63, 3.8) is 0 Å². The molecule has 0 bridgehead atoms. The number of ether oxygens (including phenoxy) is 1. The Bertz CT molecular complexity index is 586. The first kappa shape index (κ1) is 16.4. The average Bonchev–Trinajstić information content (AvgIpc) is 2.37. The van der Waals surface area contributed by atoms with E-state index in [2.05, 4.69) is 4.72 Å². The molecule has 0 saturated heterocycles. The van der Waals surface area contributed by atoms with Gasteiger partial charge in [0.15, 0.2) is 0 Å². The van der Waals surface area contributed by atoms with E-state index in [1.807, 2.05) is 0 Å². The molecule has 0 aliphatic heterocycles. The van der Waals surface area contributed by atoms with E-state index in [-0.39, 0.29) is 29.2 Å². The first-order valence-corrected chi connectivity index (χ1v) is 7.41. The number of primary amides is 1. The van der Waals surface area contributed by atoms with Crippen LogP contribution in [0.1, 0.15) is 23.7 Å². The molecule has 20 heavy (non-hydrogen) atoms. The minimum absolute atomic E-state index is 0.00909. The molecule has 1 rings (SSSR count). The van der Waals surface area contributed by atoms with Crippen LogP contribution in [0.2, 0.25) is 0 Å². The Morgan fingerprint density at radius 3 is 2.65 bits per heavy atom. The average molecular weight is 302 g/mol. The van der Waals surface area contributed by atoms with Crippen molar-refractivity contribution in [1.29, 1.82) is 0 Å². The van der Waals surface area contributed by atoms with Crippen LogP contribution in [0.4, 0.5) is 0 Å². The standard InChI is InChI=1S/C12H18N2O5S/c1-8(5-6-15)14-20(17,18)9-3-4-11(19-2)10(7-9)12(13)16/h3-4,7-8,14-15H,5-6H2,1-2H3,(H2,13,16). The van der Waals surface area contributed by atoms with Crippen molar-refractivity contribution in [3.8, 4) is 5.75 Å². The van der Waals surface area contributed by atoms with Crippen LogP contribution in [0.25, 0.3) is 0 Å². The van der Waals surface area contributed by atoms with Crippen LogP contribution >= 0.6 is 0 Å². The lowest BCUT2D eigenvalue weighted by atomic mass is 10.2. The molecule has 1 amide bonds. The molecule has 0 radical (unpaired) electrons. The molecule has 4 N–H and O–H groups in total. The lowest BCUT2D eigenvalue weighted by Gasteiger charge is -2.14. The number of hydrogen-bond acceptors (Lipinski definition) is 5. The van der Waals surface area contributed by atoms with Crippen LogP contribution in [0.5, 0.6) is 5.75 Å². The van der Waals surface area contributed by atoms with Crippen LogP contribution in [0.3, 0.4) is 0 Å². The number of nitrogens with two attached hydrogens (primary N) is 1.